The van der Waals surface area contributed by atoms with Crippen LogP contribution >= 0.6 is 0 Å². The Morgan fingerprint density at radius 2 is 1.95 bits per heavy atom. The molecule has 2 N–H and O–H groups in total. The average Bonchev–Trinajstić information content (AvgIpc) is 2.39. The molecule has 19 heavy (non-hydrogen) atoms. The Balaban J connectivity index is 2.11. The van der Waals surface area contributed by atoms with Crippen LogP contribution in [-0.4, -0.2) is 21.2 Å². The minimum atomic E-state index is 0.277. The van der Waals surface area contributed by atoms with E-state index < -0.39 is 0 Å². The van der Waals surface area contributed by atoms with Gasteiger partial charge in [0.15, 0.2) is 5.82 Å². The normalized spacial score (nSPS) is 10.0. The second-order valence-electron chi connectivity index (χ2n) is 4.28. The SMILES string of the molecule is CC(C)Nc1cnnc(Nc2ccc(C#N)cc2)n1. The molecule has 96 valence electrons. The van der Waals surface area contributed by atoms with Crippen molar-refractivity contribution in [2.45, 2.75) is 19.9 Å². The second-order valence-corrected chi connectivity index (χ2v) is 4.28. The van der Waals surface area contributed by atoms with E-state index in [1.54, 1.807) is 30.5 Å². The summed E-state index contributed by atoms with van der Waals surface area (Å²) in [4.78, 5) is 4.29. The molecule has 0 amide bonds. The van der Waals surface area contributed by atoms with Gasteiger partial charge in [0.05, 0.1) is 17.8 Å². The zero-order valence-electron chi connectivity index (χ0n) is 10.8. The Kier molecular flexibility index (Phi) is 3.88. The van der Waals surface area contributed by atoms with Crippen LogP contribution in [0.2, 0.25) is 0 Å². The van der Waals surface area contributed by atoms with E-state index in [0.29, 0.717) is 17.3 Å². The quantitative estimate of drug-likeness (QED) is 0.870. The van der Waals surface area contributed by atoms with Crippen molar-refractivity contribution in [2.24, 2.45) is 0 Å². The van der Waals surface area contributed by atoms with Crippen molar-refractivity contribution in [3.05, 3.63) is 36.0 Å². The van der Waals surface area contributed by atoms with Crippen molar-refractivity contribution in [1.29, 1.82) is 5.26 Å². The topological polar surface area (TPSA) is 86.5 Å². The summed E-state index contributed by atoms with van der Waals surface area (Å²) in [6.07, 6.45) is 1.57. The van der Waals surface area contributed by atoms with Crippen molar-refractivity contribution in [3.8, 4) is 6.07 Å². The third kappa shape index (κ3) is 3.64. The second kappa shape index (κ2) is 5.78. The highest BCUT2D eigenvalue weighted by atomic mass is 15.3. The first-order valence-corrected chi connectivity index (χ1v) is 5.91. The van der Waals surface area contributed by atoms with Crippen LogP contribution in [0.4, 0.5) is 17.5 Å². The van der Waals surface area contributed by atoms with Crippen LogP contribution in [0.25, 0.3) is 0 Å². The van der Waals surface area contributed by atoms with Crippen LogP contribution in [0.5, 0.6) is 0 Å². The molecule has 0 aliphatic carbocycles. The fourth-order valence-electron chi connectivity index (χ4n) is 1.48. The van der Waals surface area contributed by atoms with Gasteiger partial charge in [0, 0.05) is 11.7 Å². The molecular formula is C13H14N6. The number of hydrogen-bond acceptors (Lipinski definition) is 6. The highest BCUT2D eigenvalue weighted by Gasteiger charge is 2.02. The molecule has 1 aromatic heterocycles. The van der Waals surface area contributed by atoms with E-state index in [1.165, 1.54) is 0 Å². The summed E-state index contributed by atoms with van der Waals surface area (Å²) < 4.78 is 0. The van der Waals surface area contributed by atoms with Gasteiger partial charge in [0.2, 0.25) is 5.95 Å². The van der Waals surface area contributed by atoms with E-state index in [2.05, 4.69) is 31.9 Å². The van der Waals surface area contributed by atoms with Gasteiger partial charge in [-0.2, -0.15) is 15.3 Å². The van der Waals surface area contributed by atoms with E-state index in [9.17, 15) is 0 Å². The van der Waals surface area contributed by atoms with Gasteiger partial charge in [-0.25, -0.2) is 0 Å². The predicted octanol–water partition coefficient (Wildman–Crippen LogP) is 2.31. The molecule has 2 rings (SSSR count). The summed E-state index contributed by atoms with van der Waals surface area (Å²) >= 11 is 0. The van der Waals surface area contributed by atoms with E-state index in [1.807, 2.05) is 13.8 Å². The smallest absolute Gasteiger partial charge is 0.249 e. The summed E-state index contributed by atoms with van der Waals surface area (Å²) in [7, 11) is 0. The van der Waals surface area contributed by atoms with E-state index in [0.717, 1.165) is 5.69 Å². The maximum atomic E-state index is 8.73. The number of hydrogen-bond donors (Lipinski definition) is 2. The van der Waals surface area contributed by atoms with Crippen molar-refractivity contribution < 1.29 is 0 Å². The number of rotatable bonds is 4. The van der Waals surface area contributed by atoms with Crippen molar-refractivity contribution in [1.82, 2.24) is 15.2 Å². The van der Waals surface area contributed by atoms with Crippen molar-refractivity contribution in [3.63, 3.8) is 0 Å². The van der Waals surface area contributed by atoms with Gasteiger partial charge in [-0.15, -0.1) is 5.10 Å². The van der Waals surface area contributed by atoms with E-state index in [4.69, 9.17) is 5.26 Å². The van der Waals surface area contributed by atoms with Crippen molar-refractivity contribution >= 4 is 17.5 Å². The Bertz CT molecular complexity index is 585. The Morgan fingerprint density at radius 3 is 2.58 bits per heavy atom. The Morgan fingerprint density at radius 1 is 1.21 bits per heavy atom. The minimum absolute atomic E-state index is 0.277. The number of nitrogens with one attached hydrogen (secondary N) is 2. The zero-order chi connectivity index (χ0) is 13.7. The van der Waals surface area contributed by atoms with Crippen LogP contribution in [-0.2, 0) is 0 Å². The molecule has 0 radical (unpaired) electrons. The van der Waals surface area contributed by atoms with Gasteiger partial charge >= 0.3 is 0 Å². The number of nitriles is 1. The summed E-state index contributed by atoms with van der Waals surface area (Å²) in [6, 6.07) is 9.39. The van der Waals surface area contributed by atoms with E-state index in [-0.39, 0.29) is 6.04 Å². The van der Waals surface area contributed by atoms with Crippen molar-refractivity contribution in [2.75, 3.05) is 10.6 Å². The van der Waals surface area contributed by atoms with E-state index >= 15 is 0 Å². The number of aromatic nitrogens is 3. The first kappa shape index (κ1) is 12.8. The fraction of sp³-hybridized carbons (Fsp3) is 0.231. The van der Waals surface area contributed by atoms with Crippen LogP contribution < -0.4 is 10.6 Å². The molecule has 2 aromatic rings. The Hall–Kier alpha value is -2.68. The fourth-order valence-corrected chi connectivity index (χ4v) is 1.48. The number of nitrogens with zero attached hydrogens (tertiary/aromatic N) is 4. The molecule has 6 heteroatoms. The third-order valence-corrected chi connectivity index (χ3v) is 2.27. The predicted molar refractivity (Wildman–Crippen MR) is 73.0 cm³/mol. The lowest BCUT2D eigenvalue weighted by Crippen LogP contribution is -2.12. The van der Waals surface area contributed by atoms with Gasteiger partial charge < -0.3 is 10.6 Å². The highest BCUT2D eigenvalue weighted by molar-refractivity contribution is 5.55. The highest BCUT2D eigenvalue weighted by Crippen LogP contribution is 2.14. The molecule has 0 aliphatic heterocycles. The monoisotopic (exact) mass is 254 g/mol. The summed E-state index contributed by atoms with van der Waals surface area (Å²) in [5.41, 5.74) is 1.42. The van der Waals surface area contributed by atoms with Gasteiger partial charge in [-0.1, -0.05) is 0 Å². The molecule has 0 fully saturated rings. The third-order valence-electron chi connectivity index (χ3n) is 2.27. The number of benzene rings is 1. The lowest BCUT2D eigenvalue weighted by atomic mass is 10.2. The van der Waals surface area contributed by atoms with Crippen LogP contribution in [0.1, 0.15) is 19.4 Å². The largest absolute Gasteiger partial charge is 0.366 e. The standard InChI is InChI=1S/C13H14N6/c1-9(2)16-12-8-15-19-13(18-12)17-11-5-3-10(7-14)4-6-11/h3-6,8-9H,1-2H3,(H2,16,17,18,19). The van der Waals surface area contributed by atoms with Gasteiger partial charge in [0.1, 0.15) is 0 Å². The molecule has 0 aliphatic rings. The van der Waals surface area contributed by atoms with Crippen LogP contribution in [0, 0.1) is 11.3 Å². The lowest BCUT2D eigenvalue weighted by molar-refractivity contribution is 0.873. The van der Waals surface area contributed by atoms with Crippen LogP contribution in [0.15, 0.2) is 30.5 Å². The average molecular weight is 254 g/mol. The molecule has 0 spiro atoms. The first-order valence-electron chi connectivity index (χ1n) is 5.91. The number of anilines is 3. The molecule has 0 bridgehead atoms. The molecule has 0 unspecified atom stereocenters. The van der Waals surface area contributed by atoms with Gasteiger partial charge in [0.25, 0.3) is 0 Å². The maximum Gasteiger partial charge on any atom is 0.249 e. The lowest BCUT2D eigenvalue weighted by Gasteiger charge is -2.09. The first-order chi connectivity index (χ1) is 9.17. The van der Waals surface area contributed by atoms with Gasteiger partial charge in [-0.05, 0) is 38.1 Å². The molecular weight excluding hydrogens is 240 g/mol. The summed E-state index contributed by atoms with van der Waals surface area (Å²) in [5, 5.41) is 22.7. The zero-order valence-corrected chi connectivity index (χ0v) is 10.8. The van der Waals surface area contributed by atoms with Crippen LogP contribution in [0.3, 0.4) is 0 Å². The Labute approximate surface area is 111 Å². The van der Waals surface area contributed by atoms with Gasteiger partial charge in [-0.3, -0.25) is 0 Å². The molecule has 1 heterocycles. The molecule has 6 nitrogen and oxygen atoms in total. The molecule has 0 saturated heterocycles. The maximum absolute atomic E-state index is 8.73. The molecule has 0 saturated carbocycles. The molecule has 1 aromatic carbocycles. The minimum Gasteiger partial charge on any atom is -0.366 e. The molecule has 0 atom stereocenters. The summed E-state index contributed by atoms with van der Waals surface area (Å²) in [5.74, 6) is 1.08. The summed E-state index contributed by atoms with van der Waals surface area (Å²) in [6.45, 7) is 4.05.